The minimum Gasteiger partial charge on any atom is -0.497 e. The van der Waals surface area contributed by atoms with Gasteiger partial charge in [-0.1, -0.05) is 24.3 Å². The Labute approximate surface area is 157 Å². The van der Waals surface area contributed by atoms with Crippen molar-refractivity contribution in [2.45, 2.75) is 38.3 Å². The summed E-state index contributed by atoms with van der Waals surface area (Å²) in [5.74, 6) is 2.59. The third-order valence-electron chi connectivity index (χ3n) is 5.40. The molecular formula is C21H32N4O. The molecule has 1 aromatic rings. The molecular weight excluding hydrogens is 324 g/mol. The van der Waals surface area contributed by atoms with Crippen molar-refractivity contribution in [3.63, 3.8) is 0 Å². The number of methoxy groups -OCH3 is 1. The van der Waals surface area contributed by atoms with Gasteiger partial charge in [0, 0.05) is 26.2 Å². The highest BCUT2D eigenvalue weighted by atomic mass is 16.5. The molecule has 0 spiro atoms. The molecule has 142 valence electrons. The number of piperidine rings is 1. The average Bonchev–Trinajstić information content (AvgIpc) is 3.20. The zero-order valence-corrected chi connectivity index (χ0v) is 16.1. The van der Waals surface area contributed by atoms with E-state index in [1.807, 2.05) is 19.2 Å². The van der Waals surface area contributed by atoms with Crippen molar-refractivity contribution in [3.05, 3.63) is 42.0 Å². The summed E-state index contributed by atoms with van der Waals surface area (Å²) < 4.78 is 5.23. The topological polar surface area (TPSA) is 48.9 Å². The van der Waals surface area contributed by atoms with Crippen LogP contribution >= 0.6 is 0 Å². The smallest absolute Gasteiger partial charge is 0.191 e. The Morgan fingerprint density at radius 2 is 1.85 bits per heavy atom. The molecule has 26 heavy (non-hydrogen) atoms. The molecule has 1 saturated heterocycles. The highest BCUT2D eigenvalue weighted by molar-refractivity contribution is 5.80. The maximum absolute atomic E-state index is 5.23. The van der Waals surface area contributed by atoms with Crippen LogP contribution in [-0.4, -0.2) is 50.7 Å². The maximum atomic E-state index is 5.23. The molecule has 1 aromatic carbocycles. The van der Waals surface area contributed by atoms with Crippen LogP contribution in [-0.2, 0) is 6.54 Å². The van der Waals surface area contributed by atoms with E-state index in [0.29, 0.717) is 6.04 Å². The Kier molecular flexibility index (Phi) is 6.95. The lowest BCUT2D eigenvalue weighted by atomic mass is 9.96. The fraction of sp³-hybridized carbons (Fsp3) is 0.571. The van der Waals surface area contributed by atoms with Gasteiger partial charge < -0.3 is 15.4 Å². The van der Waals surface area contributed by atoms with E-state index in [2.05, 4.69) is 44.8 Å². The molecule has 5 nitrogen and oxygen atoms in total. The van der Waals surface area contributed by atoms with Crippen LogP contribution in [0.5, 0.6) is 5.75 Å². The van der Waals surface area contributed by atoms with E-state index in [0.717, 1.165) is 56.6 Å². The largest absolute Gasteiger partial charge is 0.497 e. The van der Waals surface area contributed by atoms with Crippen molar-refractivity contribution in [1.29, 1.82) is 0 Å². The monoisotopic (exact) mass is 356 g/mol. The zero-order chi connectivity index (χ0) is 18.2. The normalized spacial score (nSPS) is 19.7. The van der Waals surface area contributed by atoms with E-state index in [-0.39, 0.29) is 0 Å². The van der Waals surface area contributed by atoms with Gasteiger partial charge in [-0.05, 0) is 62.4 Å². The van der Waals surface area contributed by atoms with Crippen molar-refractivity contribution in [1.82, 2.24) is 15.5 Å². The average molecular weight is 357 g/mol. The first-order valence-electron chi connectivity index (χ1n) is 9.74. The standard InChI is InChI=1S/C21H32N4O/c1-22-21(24-19-5-3-4-6-19)23-15-17-11-13-25(14-12-17)16-18-7-9-20(26-2)10-8-18/h3-4,7-10,17,19H,5-6,11-16H2,1-2H3,(H2,22,23,24). The molecule has 5 heteroatoms. The fourth-order valence-electron chi connectivity index (χ4n) is 3.70. The summed E-state index contributed by atoms with van der Waals surface area (Å²) in [7, 11) is 3.57. The van der Waals surface area contributed by atoms with Gasteiger partial charge in [-0.2, -0.15) is 0 Å². The Morgan fingerprint density at radius 3 is 2.46 bits per heavy atom. The molecule has 2 aliphatic rings. The first-order chi connectivity index (χ1) is 12.8. The minimum absolute atomic E-state index is 0.507. The van der Waals surface area contributed by atoms with E-state index in [9.17, 15) is 0 Å². The molecule has 0 saturated carbocycles. The van der Waals surface area contributed by atoms with E-state index in [1.165, 1.54) is 18.4 Å². The van der Waals surface area contributed by atoms with E-state index in [4.69, 9.17) is 4.74 Å². The van der Waals surface area contributed by atoms with E-state index >= 15 is 0 Å². The van der Waals surface area contributed by atoms with Crippen LogP contribution in [0, 0.1) is 5.92 Å². The van der Waals surface area contributed by atoms with Crippen LogP contribution in [0.4, 0.5) is 0 Å². The number of nitrogens with one attached hydrogen (secondary N) is 2. The highest BCUT2D eigenvalue weighted by Gasteiger charge is 2.20. The number of guanidine groups is 1. The summed E-state index contributed by atoms with van der Waals surface area (Å²) in [5, 5.41) is 7.03. The van der Waals surface area contributed by atoms with Gasteiger partial charge >= 0.3 is 0 Å². The Bertz CT molecular complexity index is 595. The summed E-state index contributed by atoms with van der Waals surface area (Å²) >= 11 is 0. The van der Waals surface area contributed by atoms with Crippen LogP contribution in [0.25, 0.3) is 0 Å². The Hall–Kier alpha value is -2.01. The Balaban J connectivity index is 1.36. The van der Waals surface area contributed by atoms with Crippen LogP contribution in [0.1, 0.15) is 31.2 Å². The molecule has 0 amide bonds. The second-order valence-corrected chi connectivity index (χ2v) is 7.30. The third-order valence-corrected chi connectivity index (χ3v) is 5.40. The number of rotatable bonds is 6. The Morgan fingerprint density at radius 1 is 1.15 bits per heavy atom. The molecule has 0 unspecified atom stereocenters. The summed E-state index contributed by atoms with van der Waals surface area (Å²) in [5.41, 5.74) is 1.36. The quantitative estimate of drug-likeness (QED) is 0.467. The summed E-state index contributed by atoms with van der Waals surface area (Å²) in [6, 6.07) is 8.93. The maximum Gasteiger partial charge on any atom is 0.191 e. The number of ether oxygens (including phenoxy) is 1. The minimum atomic E-state index is 0.507. The summed E-state index contributed by atoms with van der Waals surface area (Å²) in [6.45, 7) is 4.37. The highest BCUT2D eigenvalue weighted by Crippen LogP contribution is 2.19. The molecule has 0 aromatic heterocycles. The van der Waals surface area contributed by atoms with Crippen LogP contribution in [0.2, 0.25) is 0 Å². The van der Waals surface area contributed by atoms with Gasteiger partial charge in [0.15, 0.2) is 5.96 Å². The van der Waals surface area contributed by atoms with Crippen LogP contribution in [0.3, 0.4) is 0 Å². The number of likely N-dealkylation sites (tertiary alicyclic amines) is 1. The molecule has 1 heterocycles. The first kappa shape index (κ1) is 18.8. The van der Waals surface area contributed by atoms with Crippen molar-refractivity contribution >= 4 is 5.96 Å². The molecule has 2 N–H and O–H groups in total. The van der Waals surface area contributed by atoms with Gasteiger partial charge in [0.05, 0.1) is 7.11 Å². The predicted molar refractivity (Wildman–Crippen MR) is 108 cm³/mol. The first-order valence-corrected chi connectivity index (χ1v) is 9.74. The van der Waals surface area contributed by atoms with E-state index in [1.54, 1.807) is 7.11 Å². The lowest BCUT2D eigenvalue weighted by molar-refractivity contribution is 0.178. The van der Waals surface area contributed by atoms with Crippen LogP contribution in [0.15, 0.2) is 41.4 Å². The van der Waals surface area contributed by atoms with Crippen molar-refractivity contribution in [3.8, 4) is 5.75 Å². The lowest BCUT2D eigenvalue weighted by Gasteiger charge is -2.32. The van der Waals surface area contributed by atoms with Gasteiger partial charge in [-0.25, -0.2) is 0 Å². The van der Waals surface area contributed by atoms with Gasteiger partial charge in [-0.15, -0.1) is 0 Å². The number of nitrogens with zero attached hydrogens (tertiary/aromatic N) is 2. The fourth-order valence-corrected chi connectivity index (χ4v) is 3.70. The van der Waals surface area contributed by atoms with Crippen molar-refractivity contribution in [2.24, 2.45) is 10.9 Å². The molecule has 0 radical (unpaired) electrons. The van der Waals surface area contributed by atoms with Gasteiger partial charge in [-0.3, -0.25) is 9.89 Å². The summed E-state index contributed by atoms with van der Waals surface area (Å²) in [6.07, 6.45) is 9.16. The second kappa shape index (κ2) is 9.62. The van der Waals surface area contributed by atoms with Crippen LogP contribution < -0.4 is 15.4 Å². The number of benzene rings is 1. The van der Waals surface area contributed by atoms with Crippen molar-refractivity contribution < 1.29 is 4.74 Å². The molecule has 1 aliphatic heterocycles. The SMILES string of the molecule is CN=C(NCC1CCN(Cc2ccc(OC)cc2)CC1)NC1CC=CC1. The molecule has 1 aliphatic carbocycles. The molecule has 0 atom stereocenters. The second-order valence-electron chi connectivity index (χ2n) is 7.30. The zero-order valence-electron chi connectivity index (χ0n) is 16.1. The third kappa shape index (κ3) is 5.49. The number of aliphatic imine (C=N–C) groups is 1. The van der Waals surface area contributed by atoms with E-state index < -0.39 is 0 Å². The van der Waals surface area contributed by atoms with Gasteiger partial charge in [0.25, 0.3) is 0 Å². The predicted octanol–water partition coefficient (Wildman–Crippen LogP) is 2.79. The van der Waals surface area contributed by atoms with Gasteiger partial charge in [0.1, 0.15) is 5.75 Å². The molecule has 0 bridgehead atoms. The number of hydrogen-bond acceptors (Lipinski definition) is 3. The number of hydrogen-bond donors (Lipinski definition) is 2. The lowest BCUT2D eigenvalue weighted by Crippen LogP contribution is -2.45. The molecule has 1 fully saturated rings. The van der Waals surface area contributed by atoms with Crippen molar-refractivity contribution in [2.75, 3.05) is 33.8 Å². The molecule has 3 rings (SSSR count). The summed E-state index contributed by atoms with van der Waals surface area (Å²) in [4.78, 5) is 6.92. The van der Waals surface area contributed by atoms with Gasteiger partial charge in [0.2, 0.25) is 0 Å².